The van der Waals surface area contributed by atoms with E-state index in [1.54, 1.807) is 0 Å². The molecule has 0 spiro atoms. The van der Waals surface area contributed by atoms with Crippen LogP contribution in [0.4, 0.5) is 0 Å². The highest BCUT2D eigenvalue weighted by Gasteiger charge is 2.51. The van der Waals surface area contributed by atoms with Gasteiger partial charge >= 0.3 is 13.1 Å². The molecule has 1 fully saturated rings. The van der Waals surface area contributed by atoms with Gasteiger partial charge in [-0.1, -0.05) is 0 Å². The summed E-state index contributed by atoms with van der Waals surface area (Å²) in [7, 11) is -0.479. The second-order valence-corrected chi connectivity index (χ2v) is 7.06. The number of carbonyl (C=O) groups excluding carboxylic acids is 1. The van der Waals surface area contributed by atoms with Gasteiger partial charge in [0.25, 0.3) is 0 Å². The highest BCUT2D eigenvalue weighted by atomic mass is 16.7. The number of rotatable bonds is 3. The van der Waals surface area contributed by atoms with Crippen LogP contribution in [0.15, 0.2) is 0 Å². The Morgan fingerprint density at radius 3 is 2.00 bits per heavy atom. The largest absolute Gasteiger partial charge is 0.460 e. The first-order chi connectivity index (χ1) is 8.34. The molecule has 0 saturated carbocycles. The van der Waals surface area contributed by atoms with Crippen molar-refractivity contribution in [2.75, 3.05) is 0 Å². The summed E-state index contributed by atoms with van der Waals surface area (Å²) in [5, 5.41) is 0. The predicted octanol–water partition coefficient (Wildman–Crippen LogP) is 1.75. The maximum absolute atomic E-state index is 11.8. The summed E-state index contributed by atoms with van der Waals surface area (Å²) in [5.41, 5.74) is 4.49. The molecular formula is C13H26BNO4. The lowest BCUT2D eigenvalue weighted by Gasteiger charge is -2.32. The monoisotopic (exact) mass is 271 g/mol. The smallest absolute Gasteiger partial charge is 0.459 e. The Labute approximate surface area is 116 Å². The summed E-state index contributed by atoms with van der Waals surface area (Å²) in [5.74, 6) is -0.429. The van der Waals surface area contributed by atoms with Gasteiger partial charge in [-0.25, -0.2) is 0 Å². The number of hydrogen-bond acceptors (Lipinski definition) is 5. The number of esters is 1. The zero-order valence-electron chi connectivity index (χ0n) is 13.1. The van der Waals surface area contributed by atoms with Gasteiger partial charge in [0.05, 0.1) is 11.2 Å². The third kappa shape index (κ3) is 4.19. The molecule has 0 aromatic heterocycles. The molecule has 1 rings (SSSR count). The number of ether oxygens (including phenoxy) is 1. The van der Waals surface area contributed by atoms with E-state index in [-0.39, 0.29) is 0 Å². The van der Waals surface area contributed by atoms with Crippen LogP contribution in [0.5, 0.6) is 0 Å². The minimum atomic E-state index is -0.742. The van der Waals surface area contributed by atoms with E-state index >= 15 is 0 Å². The minimum Gasteiger partial charge on any atom is -0.459 e. The molecule has 0 amide bonds. The van der Waals surface area contributed by atoms with Crippen molar-refractivity contribution in [1.82, 2.24) is 0 Å². The number of hydrogen-bond donors (Lipinski definition) is 1. The third-order valence-corrected chi connectivity index (χ3v) is 3.46. The van der Waals surface area contributed by atoms with Crippen molar-refractivity contribution in [3.8, 4) is 0 Å². The van der Waals surface area contributed by atoms with Crippen molar-refractivity contribution < 1.29 is 18.8 Å². The van der Waals surface area contributed by atoms with Crippen molar-refractivity contribution >= 4 is 13.1 Å². The highest BCUT2D eigenvalue weighted by molar-refractivity contribution is 6.46. The van der Waals surface area contributed by atoms with Crippen LogP contribution in [0, 0.1) is 0 Å². The van der Waals surface area contributed by atoms with Crippen LogP contribution in [-0.2, 0) is 18.8 Å². The van der Waals surface area contributed by atoms with Crippen LogP contribution in [0.25, 0.3) is 0 Å². The van der Waals surface area contributed by atoms with Gasteiger partial charge in [-0.2, -0.15) is 0 Å². The standard InChI is InChI=1S/C13H26BNO4/c1-11(2,3)17-10(16)9(15)8-14-18-12(4,5)13(6,7)19-14/h9H,8,15H2,1-7H3. The quantitative estimate of drug-likeness (QED) is 0.625. The maximum atomic E-state index is 11.8. The molecular weight excluding hydrogens is 245 g/mol. The molecule has 1 saturated heterocycles. The van der Waals surface area contributed by atoms with Crippen molar-refractivity contribution in [3.05, 3.63) is 0 Å². The summed E-state index contributed by atoms with van der Waals surface area (Å²) in [6.45, 7) is 13.3. The van der Waals surface area contributed by atoms with Crippen molar-refractivity contribution in [3.63, 3.8) is 0 Å². The Hall–Kier alpha value is -0.585. The van der Waals surface area contributed by atoms with Crippen molar-refractivity contribution in [1.29, 1.82) is 0 Å². The Balaban J connectivity index is 2.56. The van der Waals surface area contributed by atoms with Crippen molar-refractivity contribution in [2.24, 2.45) is 5.73 Å². The number of nitrogens with two attached hydrogens (primary N) is 1. The fourth-order valence-corrected chi connectivity index (χ4v) is 1.74. The molecule has 0 aromatic rings. The Morgan fingerprint density at radius 2 is 1.63 bits per heavy atom. The molecule has 1 aliphatic rings. The van der Waals surface area contributed by atoms with E-state index in [9.17, 15) is 4.79 Å². The molecule has 110 valence electrons. The van der Waals surface area contributed by atoms with Crippen LogP contribution in [0.1, 0.15) is 48.5 Å². The lowest BCUT2D eigenvalue weighted by Crippen LogP contribution is -2.41. The average Bonchev–Trinajstić information content (AvgIpc) is 2.31. The van der Waals surface area contributed by atoms with E-state index in [0.717, 1.165) is 0 Å². The normalized spacial score (nSPS) is 23.3. The van der Waals surface area contributed by atoms with Crippen LogP contribution >= 0.6 is 0 Å². The van der Waals surface area contributed by atoms with E-state index in [4.69, 9.17) is 19.8 Å². The molecule has 1 heterocycles. The SMILES string of the molecule is CC(C)(C)OC(=O)C(N)CB1OC(C)(C)C(C)(C)O1. The van der Waals surface area contributed by atoms with Crippen LogP contribution in [0.2, 0.25) is 6.32 Å². The third-order valence-electron chi connectivity index (χ3n) is 3.46. The first-order valence-electron chi connectivity index (χ1n) is 6.68. The minimum absolute atomic E-state index is 0.293. The average molecular weight is 271 g/mol. The van der Waals surface area contributed by atoms with Gasteiger partial charge in [-0.05, 0) is 48.5 Å². The van der Waals surface area contributed by atoms with Crippen LogP contribution in [-0.4, -0.2) is 35.9 Å². The molecule has 0 bridgehead atoms. The van der Waals surface area contributed by atoms with E-state index in [2.05, 4.69) is 0 Å². The lowest BCUT2D eigenvalue weighted by atomic mass is 9.81. The molecule has 2 N–H and O–H groups in total. The Bertz CT molecular complexity index is 333. The number of carbonyl (C=O) groups is 1. The summed E-state index contributed by atoms with van der Waals surface area (Å²) >= 11 is 0. The Kier molecular flexibility index (Phi) is 4.40. The van der Waals surface area contributed by atoms with Gasteiger partial charge in [0.1, 0.15) is 11.6 Å². The van der Waals surface area contributed by atoms with Gasteiger partial charge in [-0.3, -0.25) is 4.79 Å². The second kappa shape index (κ2) is 5.07. The second-order valence-electron chi connectivity index (χ2n) is 7.06. The fraction of sp³-hybridized carbons (Fsp3) is 0.923. The zero-order valence-corrected chi connectivity index (χ0v) is 13.1. The molecule has 1 atom stereocenters. The molecule has 0 aromatic carbocycles. The van der Waals surface area contributed by atoms with Gasteiger partial charge in [-0.15, -0.1) is 0 Å². The molecule has 1 unspecified atom stereocenters. The Morgan fingerprint density at radius 1 is 1.21 bits per heavy atom. The lowest BCUT2D eigenvalue weighted by molar-refractivity contribution is -0.156. The topological polar surface area (TPSA) is 70.8 Å². The zero-order chi connectivity index (χ0) is 15.1. The maximum Gasteiger partial charge on any atom is 0.460 e. The van der Waals surface area contributed by atoms with E-state index in [1.807, 2.05) is 48.5 Å². The van der Waals surface area contributed by atoms with E-state index < -0.39 is 35.9 Å². The van der Waals surface area contributed by atoms with Crippen molar-refractivity contribution in [2.45, 2.75) is 77.6 Å². The predicted molar refractivity (Wildman–Crippen MR) is 74.7 cm³/mol. The first kappa shape index (κ1) is 16.5. The van der Waals surface area contributed by atoms with Gasteiger partial charge < -0.3 is 19.8 Å². The summed E-state index contributed by atoms with van der Waals surface area (Å²) in [6.07, 6.45) is 0.293. The molecule has 6 heteroatoms. The van der Waals surface area contributed by atoms with E-state index in [1.165, 1.54) is 0 Å². The first-order valence-corrected chi connectivity index (χ1v) is 6.68. The summed E-state index contributed by atoms with van der Waals surface area (Å²) in [4.78, 5) is 11.8. The van der Waals surface area contributed by atoms with Gasteiger partial charge in [0.2, 0.25) is 0 Å². The summed E-state index contributed by atoms with van der Waals surface area (Å²) < 4.78 is 16.8. The molecule has 1 aliphatic heterocycles. The molecule has 5 nitrogen and oxygen atoms in total. The fourth-order valence-electron chi connectivity index (χ4n) is 1.74. The van der Waals surface area contributed by atoms with Gasteiger partial charge in [0, 0.05) is 6.32 Å². The molecule has 19 heavy (non-hydrogen) atoms. The summed E-state index contributed by atoms with van der Waals surface area (Å²) in [6, 6.07) is -0.742. The molecule has 0 aliphatic carbocycles. The van der Waals surface area contributed by atoms with Crippen LogP contribution in [0.3, 0.4) is 0 Å². The van der Waals surface area contributed by atoms with E-state index in [0.29, 0.717) is 6.32 Å². The van der Waals surface area contributed by atoms with Gasteiger partial charge in [0.15, 0.2) is 0 Å². The van der Waals surface area contributed by atoms with Crippen LogP contribution < -0.4 is 5.73 Å². The molecule has 0 radical (unpaired) electrons. The highest BCUT2D eigenvalue weighted by Crippen LogP contribution is 2.37.